The number of hydrazone groups is 1. The molecule has 1 N–H and O–H groups in total. The van der Waals surface area contributed by atoms with E-state index in [4.69, 9.17) is 32.7 Å². The van der Waals surface area contributed by atoms with Gasteiger partial charge >= 0.3 is 0 Å². The maximum absolute atomic E-state index is 6.06. The van der Waals surface area contributed by atoms with E-state index < -0.39 is 0 Å². The molecule has 0 aliphatic heterocycles. The van der Waals surface area contributed by atoms with Gasteiger partial charge in [0.2, 0.25) is 0 Å². The number of hydrogen-bond acceptors (Lipinski definition) is 4. The van der Waals surface area contributed by atoms with E-state index in [1.165, 1.54) is 0 Å². The van der Waals surface area contributed by atoms with Crippen LogP contribution in [0.3, 0.4) is 0 Å². The predicted molar refractivity (Wildman–Crippen MR) is 115 cm³/mol. The number of ether oxygens (including phenoxy) is 2. The van der Waals surface area contributed by atoms with E-state index in [0.717, 1.165) is 28.2 Å². The largest absolute Gasteiger partial charge is 0.496 e. The summed E-state index contributed by atoms with van der Waals surface area (Å²) in [5.41, 5.74) is 5.89. The van der Waals surface area contributed by atoms with E-state index in [1.807, 2.05) is 54.6 Å². The molecular weight excluding hydrogens is 395 g/mol. The van der Waals surface area contributed by atoms with E-state index in [-0.39, 0.29) is 0 Å². The van der Waals surface area contributed by atoms with Gasteiger partial charge in [0.15, 0.2) is 0 Å². The second kappa shape index (κ2) is 10.0. The first-order valence-electron chi connectivity index (χ1n) is 8.71. The molecule has 0 saturated carbocycles. The van der Waals surface area contributed by atoms with E-state index in [0.29, 0.717) is 23.2 Å². The lowest BCUT2D eigenvalue weighted by atomic mass is 10.2. The standard InChI is InChI=1S/C22H20Cl2N2O2/c1-27-21-8-4-2-6-17(21)13-25-26-14-18-7-3-5-9-22(18)28-15-16-10-11-19(23)20(24)12-16/h2-12,14,25H,13,15H2,1H3/b26-14+. The van der Waals surface area contributed by atoms with E-state index in [1.54, 1.807) is 25.5 Å². The molecule has 3 aromatic carbocycles. The molecule has 4 nitrogen and oxygen atoms in total. The van der Waals surface area contributed by atoms with Crippen LogP contribution < -0.4 is 14.9 Å². The monoisotopic (exact) mass is 414 g/mol. The van der Waals surface area contributed by atoms with E-state index >= 15 is 0 Å². The summed E-state index contributed by atoms with van der Waals surface area (Å²) in [6.07, 6.45) is 1.74. The molecule has 3 rings (SSSR count). The quantitative estimate of drug-likeness (QED) is 0.379. The van der Waals surface area contributed by atoms with Gasteiger partial charge in [-0.15, -0.1) is 0 Å². The summed E-state index contributed by atoms with van der Waals surface area (Å²) < 4.78 is 11.3. The van der Waals surface area contributed by atoms with Crippen LogP contribution in [-0.4, -0.2) is 13.3 Å². The fraction of sp³-hybridized carbons (Fsp3) is 0.136. The fourth-order valence-electron chi connectivity index (χ4n) is 2.60. The molecule has 28 heavy (non-hydrogen) atoms. The maximum atomic E-state index is 6.06. The van der Waals surface area contributed by atoms with Gasteiger partial charge in [-0.05, 0) is 35.9 Å². The SMILES string of the molecule is COc1ccccc1CN/N=C/c1ccccc1OCc1ccc(Cl)c(Cl)c1. The van der Waals surface area contributed by atoms with Gasteiger partial charge in [-0.25, -0.2) is 0 Å². The Labute approximate surface area is 174 Å². The zero-order valence-electron chi connectivity index (χ0n) is 15.4. The maximum Gasteiger partial charge on any atom is 0.128 e. The molecule has 0 spiro atoms. The van der Waals surface area contributed by atoms with Crippen LogP contribution in [0.5, 0.6) is 11.5 Å². The number of methoxy groups -OCH3 is 1. The molecule has 0 bridgehead atoms. The molecule has 0 aliphatic carbocycles. The summed E-state index contributed by atoms with van der Waals surface area (Å²) in [5, 5.41) is 5.34. The normalized spacial score (nSPS) is 10.8. The lowest BCUT2D eigenvalue weighted by Crippen LogP contribution is -2.07. The molecule has 0 radical (unpaired) electrons. The average molecular weight is 415 g/mol. The number of nitrogens with zero attached hydrogens (tertiary/aromatic N) is 1. The Morgan fingerprint density at radius 3 is 2.46 bits per heavy atom. The van der Waals surface area contributed by atoms with Crippen molar-refractivity contribution in [2.45, 2.75) is 13.2 Å². The lowest BCUT2D eigenvalue weighted by molar-refractivity contribution is 0.306. The highest BCUT2D eigenvalue weighted by atomic mass is 35.5. The summed E-state index contributed by atoms with van der Waals surface area (Å²) in [6.45, 7) is 0.948. The van der Waals surface area contributed by atoms with Crippen LogP contribution in [0.1, 0.15) is 16.7 Å². The molecule has 0 aromatic heterocycles. The molecule has 0 amide bonds. The van der Waals surface area contributed by atoms with Crippen LogP contribution in [-0.2, 0) is 13.2 Å². The number of nitrogens with one attached hydrogen (secondary N) is 1. The van der Waals surface area contributed by atoms with Gasteiger partial charge in [0.05, 0.1) is 29.9 Å². The van der Waals surface area contributed by atoms with Gasteiger partial charge in [-0.3, -0.25) is 0 Å². The Morgan fingerprint density at radius 2 is 1.68 bits per heavy atom. The molecule has 144 valence electrons. The number of rotatable bonds is 8. The van der Waals surface area contributed by atoms with Gasteiger partial charge in [0.1, 0.15) is 18.1 Å². The second-order valence-electron chi connectivity index (χ2n) is 5.98. The molecule has 6 heteroatoms. The van der Waals surface area contributed by atoms with Crippen molar-refractivity contribution in [2.24, 2.45) is 5.10 Å². The average Bonchev–Trinajstić information content (AvgIpc) is 2.73. The Hall–Kier alpha value is -2.69. The zero-order chi connectivity index (χ0) is 19.8. The fourth-order valence-corrected chi connectivity index (χ4v) is 2.92. The third kappa shape index (κ3) is 5.41. The third-order valence-electron chi connectivity index (χ3n) is 4.05. The highest BCUT2D eigenvalue weighted by Crippen LogP contribution is 2.24. The van der Waals surface area contributed by atoms with Gasteiger partial charge in [0.25, 0.3) is 0 Å². The van der Waals surface area contributed by atoms with Crippen molar-refractivity contribution < 1.29 is 9.47 Å². The second-order valence-corrected chi connectivity index (χ2v) is 6.79. The smallest absolute Gasteiger partial charge is 0.128 e. The molecule has 0 fully saturated rings. The lowest BCUT2D eigenvalue weighted by Gasteiger charge is -2.10. The Kier molecular flexibility index (Phi) is 7.18. The molecule has 0 aliphatic rings. The van der Waals surface area contributed by atoms with Crippen molar-refractivity contribution in [1.29, 1.82) is 0 Å². The van der Waals surface area contributed by atoms with E-state index in [2.05, 4.69) is 10.5 Å². The van der Waals surface area contributed by atoms with Crippen molar-refractivity contribution in [1.82, 2.24) is 5.43 Å². The first-order chi connectivity index (χ1) is 13.7. The predicted octanol–water partition coefficient (Wildman–Crippen LogP) is 5.70. The van der Waals surface area contributed by atoms with Crippen LogP contribution in [0.25, 0.3) is 0 Å². The van der Waals surface area contributed by atoms with Crippen LogP contribution in [0.2, 0.25) is 10.0 Å². The minimum Gasteiger partial charge on any atom is -0.496 e. The van der Waals surface area contributed by atoms with Gasteiger partial charge in [-0.1, -0.05) is 59.6 Å². The number of benzene rings is 3. The Morgan fingerprint density at radius 1 is 0.929 bits per heavy atom. The van der Waals surface area contributed by atoms with Crippen molar-refractivity contribution in [2.75, 3.05) is 7.11 Å². The number of hydrogen-bond donors (Lipinski definition) is 1. The molecular formula is C22H20Cl2N2O2. The number of halogens is 2. The summed E-state index contributed by atoms with van der Waals surface area (Å²) in [7, 11) is 1.66. The Balaban J connectivity index is 1.61. The van der Waals surface area contributed by atoms with E-state index in [9.17, 15) is 0 Å². The molecule has 3 aromatic rings. The zero-order valence-corrected chi connectivity index (χ0v) is 16.9. The van der Waals surface area contributed by atoms with Gasteiger partial charge in [-0.2, -0.15) is 5.10 Å². The summed E-state index contributed by atoms with van der Waals surface area (Å²) >= 11 is 12.0. The van der Waals surface area contributed by atoms with Crippen molar-refractivity contribution in [3.05, 3.63) is 93.5 Å². The van der Waals surface area contributed by atoms with Crippen LogP contribution in [0, 0.1) is 0 Å². The summed E-state index contributed by atoms with van der Waals surface area (Å²) in [5.74, 6) is 1.56. The van der Waals surface area contributed by atoms with Gasteiger partial charge in [0, 0.05) is 11.1 Å². The van der Waals surface area contributed by atoms with Crippen molar-refractivity contribution in [3.8, 4) is 11.5 Å². The molecule has 0 atom stereocenters. The van der Waals surface area contributed by atoms with Crippen molar-refractivity contribution >= 4 is 29.4 Å². The highest BCUT2D eigenvalue weighted by molar-refractivity contribution is 6.42. The molecule has 0 heterocycles. The van der Waals surface area contributed by atoms with Gasteiger partial charge < -0.3 is 14.9 Å². The summed E-state index contributed by atoms with van der Waals surface area (Å²) in [6, 6.07) is 21.0. The highest BCUT2D eigenvalue weighted by Gasteiger charge is 2.04. The Bertz CT molecular complexity index is 961. The molecule has 0 unspecified atom stereocenters. The van der Waals surface area contributed by atoms with Crippen LogP contribution in [0.4, 0.5) is 0 Å². The van der Waals surface area contributed by atoms with Crippen LogP contribution >= 0.6 is 23.2 Å². The van der Waals surface area contributed by atoms with Crippen molar-refractivity contribution in [3.63, 3.8) is 0 Å². The topological polar surface area (TPSA) is 42.8 Å². The summed E-state index contributed by atoms with van der Waals surface area (Å²) in [4.78, 5) is 0. The first kappa shape index (κ1) is 20.1. The minimum absolute atomic E-state index is 0.385. The molecule has 0 saturated heterocycles. The minimum atomic E-state index is 0.385. The third-order valence-corrected chi connectivity index (χ3v) is 4.79. The first-order valence-corrected chi connectivity index (χ1v) is 9.46. The van der Waals surface area contributed by atoms with Crippen LogP contribution in [0.15, 0.2) is 71.8 Å². The number of para-hydroxylation sites is 2.